The number of hydrogen-bond acceptors (Lipinski definition) is 4. The molecule has 6 heteroatoms. The van der Waals surface area contributed by atoms with Crippen molar-refractivity contribution in [3.63, 3.8) is 0 Å². The van der Waals surface area contributed by atoms with E-state index in [1.165, 1.54) is 44.5 Å². The second-order valence-corrected chi connectivity index (χ2v) is 21.8. The van der Waals surface area contributed by atoms with E-state index in [1.54, 1.807) is 0 Å². The van der Waals surface area contributed by atoms with Crippen LogP contribution in [-0.2, 0) is 12.0 Å². The van der Waals surface area contributed by atoms with Crippen molar-refractivity contribution >= 4 is 18.4 Å². The molecule has 1 aromatic heterocycles. The molecule has 13 aromatic rings. The Balaban J connectivity index is 0.880. The third kappa shape index (κ3) is 9.36. The molecule has 1 spiro atoms. The molecule has 404 valence electrons. The number of amidine groups is 2. The van der Waals surface area contributed by atoms with E-state index in [4.69, 9.17) is 24.9 Å². The van der Waals surface area contributed by atoms with Crippen molar-refractivity contribution in [2.75, 3.05) is 0 Å². The van der Waals surface area contributed by atoms with E-state index < -0.39 is 5.41 Å². The number of fused-ring (bicyclic) bond motifs is 10. The van der Waals surface area contributed by atoms with Crippen molar-refractivity contribution in [3.05, 3.63) is 342 Å². The van der Waals surface area contributed by atoms with Gasteiger partial charge in [-0.1, -0.05) is 273 Å². The summed E-state index contributed by atoms with van der Waals surface area (Å²) in [5.41, 5.74) is 23.2. The fourth-order valence-electron chi connectivity index (χ4n) is 12.7. The van der Waals surface area contributed by atoms with Gasteiger partial charge in [0.25, 0.3) is 0 Å². The maximum absolute atomic E-state index is 5.46. The highest BCUT2D eigenvalue weighted by Gasteiger charge is 2.51. The Kier molecular flexibility index (Phi) is 13.2. The molecule has 0 N–H and O–H groups in total. The number of aromatic nitrogens is 3. The molecule has 1 unspecified atom stereocenters. The van der Waals surface area contributed by atoms with Gasteiger partial charge in [-0.3, -0.25) is 4.99 Å². The molecule has 1 atom stereocenters. The Bertz CT molecular complexity index is 4690. The second-order valence-electron chi connectivity index (χ2n) is 21.8. The lowest BCUT2D eigenvalue weighted by Gasteiger charge is -2.31. The second kappa shape index (κ2) is 22.1. The fourth-order valence-corrected chi connectivity index (χ4v) is 12.7. The summed E-state index contributed by atoms with van der Waals surface area (Å²) in [5.74, 6) is 2.84. The Labute approximate surface area is 500 Å². The van der Waals surface area contributed by atoms with E-state index in [-0.39, 0.29) is 0 Å². The van der Waals surface area contributed by atoms with Gasteiger partial charge in [-0.15, -0.1) is 0 Å². The molecule has 2 aliphatic carbocycles. The van der Waals surface area contributed by atoms with Crippen molar-refractivity contribution in [1.82, 2.24) is 15.0 Å². The molecule has 0 radical (unpaired) electrons. The molecule has 0 fully saturated rings. The summed E-state index contributed by atoms with van der Waals surface area (Å²) in [6.45, 7) is 4.40. The van der Waals surface area contributed by atoms with Crippen molar-refractivity contribution < 1.29 is 0 Å². The maximum Gasteiger partial charge on any atom is 0.164 e. The Morgan fingerprint density at radius 2 is 0.651 bits per heavy atom. The highest BCUT2D eigenvalue weighted by Crippen LogP contribution is 2.63. The van der Waals surface area contributed by atoms with Gasteiger partial charge in [-0.25, -0.2) is 24.9 Å². The minimum Gasteiger partial charge on any atom is -0.261 e. The molecular formula is C80H54N6. The summed E-state index contributed by atoms with van der Waals surface area (Å²) < 4.78 is 0. The monoisotopic (exact) mass is 1100 g/mol. The van der Waals surface area contributed by atoms with E-state index in [2.05, 4.69) is 279 Å². The third-order valence-corrected chi connectivity index (χ3v) is 16.7. The molecule has 12 aromatic carbocycles. The zero-order chi connectivity index (χ0) is 57.4. The lowest BCUT2D eigenvalue weighted by molar-refractivity contribution is 0.791. The molecule has 15 rings (SSSR count). The first-order valence-corrected chi connectivity index (χ1v) is 29.0. The normalized spacial score (nSPS) is 13.9. The van der Waals surface area contributed by atoms with Crippen molar-refractivity contribution in [3.8, 4) is 101 Å². The van der Waals surface area contributed by atoms with Gasteiger partial charge in [-0.05, 0) is 132 Å². The van der Waals surface area contributed by atoms with Crippen LogP contribution in [0, 0.1) is 0 Å². The van der Waals surface area contributed by atoms with Gasteiger partial charge in [-0.2, -0.15) is 0 Å². The van der Waals surface area contributed by atoms with Gasteiger partial charge in [0.15, 0.2) is 29.1 Å². The molecule has 0 bridgehead atoms. The summed E-state index contributed by atoms with van der Waals surface area (Å²) in [7, 11) is 0. The van der Waals surface area contributed by atoms with Gasteiger partial charge in [0.1, 0.15) is 0 Å². The van der Waals surface area contributed by atoms with Gasteiger partial charge in [0.05, 0.1) is 12.0 Å². The standard InChI is InChI=1S/C80H54N6/c1-81-75(62-34-18-30-58(47-62)54-22-6-2-7-23-54)83-76(63-35-19-31-59(48-63)55-24-8-3-9-25-55)82-52-53-42-44-69-67-38-14-16-40-71(67)80(73(69)46-53)72-41-17-15-39-68(72)70-45-43-66(51-74(70)80)79-85-77(64-36-20-32-60(49-64)56-26-10-4-11-27-56)84-78(86-79)65-37-21-33-61(50-65)57-28-12-5-13-29-57/h2-51H,1,52H2. The van der Waals surface area contributed by atoms with Crippen LogP contribution in [0.1, 0.15) is 38.9 Å². The first kappa shape index (κ1) is 51.5. The van der Waals surface area contributed by atoms with E-state index in [0.717, 1.165) is 77.9 Å². The molecule has 0 aliphatic heterocycles. The molecule has 86 heavy (non-hydrogen) atoms. The number of rotatable bonds is 11. The van der Waals surface area contributed by atoms with Crippen molar-refractivity contribution in [1.29, 1.82) is 0 Å². The van der Waals surface area contributed by atoms with Gasteiger partial charge in [0, 0.05) is 27.8 Å². The van der Waals surface area contributed by atoms with Crippen LogP contribution in [0.5, 0.6) is 0 Å². The lowest BCUT2D eigenvalue weighted by atomic mass is 9.70. The van der Waals surface area contributed by atoms with E-state index >= 15 is 0 Å². The van der Waals surface area contributed by atoms with Crippen molar-refractivity contribution in [2.45, 2.75) is 12.0 Å². The third-order valence-electron chi connectivity index (χ3n) is 16.7. The minimum absolute atomic E-state index is 0.352. The average Bonchev–Trinajstić information content (AvgIpc) is 1.54. The highest BCUT2D eigenvalue weighted by molar-refractivity contribution is 6.13. The van der Waals surface area contributed by atoms with Crippen LogP contribution >= 0.6 is 0 Å². The summed E-state index contributed by atoms with van der Waals surface area (Å²) in [6.07, 6.45) is 0. The number of benzene rings is 12. The van der Waals surface area contributed by atoms with Crippen LogP contribution in [0.3, 0.4) is 0 Å². The van der Waals surface area contributed by atoms with Crippen LogP contribution in [0.15, 0.2) is 318 Å². The molecule has 0 amide bonds. The lowest BCUT2D eigenvalue weighted by Crippen LogP contribution is -2.26. The minimum atomic E-state index is -0.686. The molecule has 6 nitrogen and oxygen atoms in total. The van der Waals surface area contributed by atoms with Crippen LogP contribution in [0.4, 0.5) is 0 Å². The number of aliphatic imine (C=N–C) groups is 3. The number of nitrogens with zero attached hydrogens (tertiary/aromatic N) is 6. The molecule has 0 saturated heterocycles. The fraction of sp³-hybridized carbons (Fsp3) is 0.0250. The largest absolute Gasteiger partial charge is 0.261 e. The van der Waals surface area contributed by atoms with E-state index in [0.29, 0.717) is 35.7 Å². The van der Waals surface area contributed by atoms with E-state index in [9.17, 15) is 0 Å². The predicted molar refractivity (Wildman–Crippen MR) is 353 cm³/mol. The van der Waals surface area contributed by atoms with Crippen LogP contribution in [0.2, 0.25) is 0 Å². The van der Waals surface area contributed by atoms with Gasteiger partial charge in [0.2, 0.25) is 0 Å². The zero-order valence-electron chi connectivity index (χ0n) is 47.0. The molecule has 0 saturated carbocycles. The smallest absolute Gasteiger partial charge is 0.164 e. The van der Waals surface area contributed by atoms with Crippen LogP contribution in [0.25, 0.3) is 101 Å². The SMILES string of the molecule is C=NC(=NC(=NCc1ccc2c(c1)C1(c3ccccc3-2)c2ccccc2-c2ccc(-c3nc(-c4cccc(-c5ccccc5)c4)nc(-c4cccc(-c5ccccc5)c4)n3)cc21)c1cccc(-c2ccccc2)c1)c1cccc(-c2ccccc2)c1. The quantitative estimate of drug-likeness (QED) is 0.0956. The molecule has 2 aliphatic rings. The van der Waals surface area contributed by atoms with Crippen LogP contribution < -0.4 is 0 Å². The predicted octanol–water partition coefficient (Wildman–Crippen LogP) is 19.0. The average molecular weight is 1100 g/mol. The maximum atomic E-state index is 5.46. The Hall–Kier alpha value is -11.3. The van der Waals surface area contributed by atoms with Crippen LogP contribution in [-0.4, -0.2) is 33.3 Å². The highest BCUT2D eigenvalue weighted by atomic mass is 15.0. The molecular weight excluding hydrogens is 1040 g/mol. The van der Waals surface area contributed by atoms with E-state index in [1.807, 2.05) is 36.4 Å². The van der Waals surface area contributed by atoms with Gasteiger partial charge >= 0.3 is 0 Å². The first-order chi connectivity index (χ1) is 42.5. The summed E-state index contributed by atoms with van der Waals surface area (Å²) in [5, 5.41) is 0. The molecule has 1 heterocycles. The zero-order valence-corrected chi connectivity index (χ0v) is 47.0. The summed E-state index contributed by atoms with van der Waals surface area (Å²) in [4.78, 5) is 31.4. The Morgan fingerprint density at radius 1 is 0.291 bits per heavy atom. The first-order valence-electron chi connectivity index (χ1n) is 29.0. The topological polar surface area (TPSA) is 75.8 Å². The van der Waals surface area contributed by atoms with Crippen molar-refractivity contribution in [2.24, 2.45) is 15.0 Å². The summed E-state index contributed by atoms with van der Waals surface area (Å²) in [6, 6.07) is 107. The Morgan fingerprint density at radius 3 is 1.13 bits per heavy atom. The number of hydrogen-bond donors (Lipinski definition) is 0. The summed E-state index contributed by atoms with van der Waals surface area (Å²) >= 11 is 0. The van der Waals surface area contributed by atoms with Gasteiger partial charge < -0.3 is 0 Å².